The van der Waals surface area contributed by atoms with E-state index in [1.807, 2.05) is 7.05 Å². The van der Waals surface area contributed by atoms with Crippen LogP contribution in [0.1, 0.15) is 49.3 Å². The molecule has 1 aliphatic rings. The molecule has 1 N–H and O–H groups in total. The van der Waals surface area contributed by atoms with E-state index in [2.05, 4.69) is 38.2 Å². The topological polar surface area (TPSA) is 21.3 Å². The molecule has 0 heterocycles. The maximum absolute atomic E-state index is 6.30. The Morgan fingerprint density at radius 1 is 1.21 bits per heavy atom. The molecular formula is C17H27NO. The molecule has 0 radical (unpaired) electrons. The van der Waals surface area contributed by atoms with Crippen LogP contribution < -0.4 is 10.1 Å². The molecule has 2 heteroatoms. The average molecular weight is 261 g/mol. The van der Waals surface area contributed by atoms with Gasteiger partial charge in [-0.05, 0) is 62.8 Å². The minimum Gasteiger partial charge on any atom is -0.490 e. The summed E-state index contributed by atoms with van der Waals surface area (Å²) in [6.07, 6.45) is 5.50. The van der Waals surface area contributed by atoms with Crippen molar-refractivity contribution in [3.05, 3.63) is 28.8 Å². The van der Waals surface area contributed by atoms with Crippen molar-refractivity contribution >= 4 is 0 Å². The molecule has 19 heavy (non-hydrogen) atoms. The first-order valence-corrected chi connectivity index (χ1v) is 7.51. The van der Waals surface area contributed by atoms with Crippen LogP contribution in [0.15, 0.2) is 12.1 Å². The van der Waals surface area contributed by atoms with Crippen LogP contribution in [0.4, 0.5) is 0 Å². The normalized spacial score (nSPS) is 23.4. The molecule has 2 nitrogen and oxygen atoms in total. The highest BCUT2D eigenvalue weighted by Crippen LogP contribution is 2.31. The van der Waals surface area contributed by atoms with Crippen LogP contribution in [0.2, 0.25) is 0 Å². The summed E-state index contributed by atoms with van der Waals surface area (Å²) in [5.41, 5.74) is 3.87. The van der Waals surface area contributed by atoms with Gasteiger partial charge in [-0.15, -0.1) is 0 Å². The van der Waals surface area contributed by atoms with E-state index < -0.39 is 0 Å². The molecule has 2 rings (SSSR count). The van der Waals surface area contributed by atoms with Gasteiger partial charge < -0.3 is 10.1 Å². The molecule has 2 atom stereocenters. The molecule has 1 aromatic rings. The summed E-state index contributed by atoms with van der Waals surface area (Å²) in [5.74, 6) is 1.92. The molecule has 1 aliphatic carbocycles. The van der Waals surface area contributed by atoms with E-state index in [0.29, 0.717) is 6.10 Å². The Balaban J connectivity index is 2.11. The summed E-state index contributed by atoms with van der Waals surface area (Å²) in [7, 11) is 1.98. The van der Waals surface area contributed by atoms with Crippen molar-refractivity contribution in [2.75, 3.05) is 7.05 Å². The predicted octanol–water partition coefficient (Wildman–Crippen LogP) is 3.98. The van der Waals surface area contributed by atoms with Crippen molar-refractivity contribution in [1.82, 2.24) is 5.32 Å². The first-order valence-electron chi connectivity index (χ1n) is 7.51. The first-order chi connectivity index (χ1) is 9.10. The molecule has 0 aliphatic heterocycles. The minimum absolute atomic E-state index is 0.413. The Hall–Kier alpha value is -1.02. The van der Waals surface area contributed by atoms with E-state index in [1.54, 1.807) is 0 Å². The van der Waals surface area contributed by atoms with Crippen molar-refractivity contribution in [3.63, 3.8) is 0 Å². The third-order valence-electron chi connectivity index (χ3n) is 4.07. The summed E-state index contributed by atoms with van der Waals surface area (Å²) < 4.78 is 6.30. The SMILES string of the molecule is CNCc1cc(C)c(OC2CCCC(C)C2)c(C)c1. The molecule has 0 aromatic heterocycles. The lowest BCUT2D eigenvalue weighted by atomic mass is 9.88. The number of rotatable bonds is 4. The molecule has 0 bridgehead atoms. The monoisotopic (exact) mass is 261 g/mol. The largest absolute Gasteiger partial charge is 0.490 e. The Morgan fingerprint density at radius 2 is 1.89 bits per heavy atom. The van der Waals surface area contributed by atoms with Crippen LogP contribution in [-0.2, 0) is 6.54 Å². The van der Waals surface area contributed by atoms with Gasteiger partial charge in [0, 0.05) is 6.54 Å². The van der Waals surface area contributed by atoms with Crippen LogP contribution in [-0.4, -0.2) is 13.2 Å². The fourth-order valence-electron chi connectivity index (χ4n) is 3.18. The summed E-state index contributed by atoms with van der Waals surface area (Å²) in [6.45, 7) is 7.58. The fraction of sp³-hybridized carbons (Fsp3) is 0.647. The van der Waals surface area contributed by atoms with Crippen LogP contribution >= 0.6 is 0 Å². The van der Waals surface area contributed by atoms with Gasteiger partial charge in [0.1, 0.15) is 5.75 Å². The zero-order valence-electron chi connectivity index (χ0n) is 12.8. The van der Waals surface area contributed by atoms with Crippen LogP contribution in [0.3, 0.4) is 0 Å². The van der Waals surface area contributed by atoms with Gasteiger partial charge in [-0.25, -0.2) is 0 Å². The standard InChI is InChI=1S/C17H27NO/c1-12-6-5-7-16(8-12)19-17-13(2)9-15(11-18-4)10-14(17)3/h9-10,12,16,18H,5-8,11H2,1-4H3. The second-order valence-corrected chi connectivity index (χ2v) is 6.10. The van der Waals surface area contributed by atoms with E-state index in [0.717, 1.165) is 18.2 Å². The second-order valence-electron chi connectivity index (χ2n) is 6.10. The second kappa shape index (κ2) is 6.42. The van der Waals surface area contributed by atoms with E-state index in [9.17, 15) is 0 Å². The molecule has 1 fully saturated rings. The predicted molar refractivity (Wildman–Crippen MR) is 80.7 cm³/mol. The third kappa shape index (κ3) is 3.73. The first kappa shape index (κ1) is 14.4. The van der Waals surface area contributed by atoms with Gasteiger partial charge in [-0.2, -0.15) is 0 Å². The highest BCUT2D eigenvalue weighted by Gasteiger charge is 2.21. The zero-order chi connectivity index (χ0) is 13.8. The van der Waals surface area contributed by atoms with Crippen molar-refractivity contribution < 1.29 is 4.74 Å². The molecule has 2 unspecified atom stereocenters. The number of benzene rings is 1. The lowest BCUT2D eigenvalue weighted by Gasteiger charge is -2.28. The van der Waals surface area contributed by atoms with E-state index >= 15 is 0 Å². The maximum atomic E-state index is 6.30. The average Bonchev–Trinajstić information content (AvgIpc) is 2.34. The van der Waals surface area contributed by atoms with Gasteiger partial charge in [0.15, 0.2) is 0 Å². The van der Waals surface area contributed by atoms with Gasteiger partial charge in [0.2, 0.25) is 0 Å². The highest BCUT2D eigenvalue weighted by molar-refractivity contribution is 5.43. The highest BCUT2D eigenvalue weighted by atomic mass is 16.5. The maximum Gasteiger partial charge on any atom is 0.125 e. The Morgan fingerprint density at radius 3 is 2.47 bits per heavy atom. The molecule has 1 saturated carbocycles. The van der Waals surface area contributed by atoms with Gasteiger partial charge in [0.25, 0.3) is 0 Å². The van der Waals surface area contributed by atoms with Crippen LogP contribution in [0.5, 0.6) is 5.75 Å². The van der Waals surface area contributed by atoms with Crippen LogP contribution in [0.25, 0.3) is 0 Å². The summed E-state index contributed by atoms with van der Waals surface area (Å²) >= 11 is 0. The van der Waals surface area contributed by atoms with Crippen molar-refractivity contribution in [3.8, 4) is 5.75 Å². The summed E-state index contributed by atoms with van der Waals surface area (Å²) in [4.78, 5) is 0. The Kier molecular flexibility index (Phi) is 4.87. The Labute approximate surface area is 117 Å². The quantitative estimate of drug-likeness (QED) is 0.885. The number of hydrogen-bond donors (Lipinski definition) is 1. The van der Waals surface area contributed by atoms with Crippen LogP contribution in [0, 0.1) is 19.8 Å². The zero-order valence-corrected chi connectivity index (χ0v) is 12.8. The minimum atomic E-state index is 0.413. The van der Waals surface area contributed by atoms with E-state index in [1.165, 1.54) is 42.4 Å². The number of ether oxygens (including phenoxy) is 1. The Bertz CT molecular complexity index is 404. The van der Waals surface area contributed by atoms with E-state index in [-0.39, 0.29) is 0 Å². The third-order valence-corrected chi connectivity index (χ3v) is 4.07. The van der Waals surface area contributed by atoms with Crippen molar-refractivity contribution in [1.29, 1.82) is 0 Å². The van der Waals surface area contributed by atoms with Crippen molar-refractivity contribution in [2.45, 2.75) is 59.1 Å². The van der Waals surface area contributed by atoms with E-state index in [4.69, 9.17) is 4.74 Å². The summed E-state index contributed by atoms with van der Waals surface area (Å²) in [5, 5.41) is 3.20. The molecule has 0 saturated heterocycles. The molecular weight excluding hydrogens is 234 g/mol. The van der Waals surface area contributed by atoms with Gasteiger partial charge in [-0.3, -0.25) is 0 Å². The lowest BCUT2D eigenvalue weighted by Crippen LogP contribution is -2.24. The fourth-order valence-corrected chi connectivity index (χ4v) is 3.18. The molecule has 106 valence electrons. The number of nitrogens with one attached hydrogen (secondary N) is 1. The number of aryl methyl sites for hydroxylation is 2. The summed E-state index contributed by atoms with van der Waals surface area (Å²) in [6, 6.07) is 4.48. The molecule has 0 spiro atoms. The van der Waals surface area contributed by atoms with Gasteiger partial charge >= 0.3 is 0 Å². The van der Waals surface area contributed by atoms with Gasteiger partial charge in [0.05, 0.1) is 6.10 Å². The molecule has 1 aromatic carbocycles. The van der Waals surface area contributed by atoms with Crippen molar-refractivity contribution in [2.24, 2.45) is 5.92 Å². The number of hydrogen-bond acceptors (Lipinski definition) is 2. The molecule has 0 amide bonds. The van der Waals surface area contributed by atoms with Gasteiger partial charge in [-0.1, -0.05) is 25.5 Å². The smallest absolute Gasteiger partial charge is 0.125 e. The lowest BCUT2D eigenvalue weighted by molar-refractivity contribution is 0.127.